The molecule has 2 nitrogen and oxygen atoms in total. The van der Waals surface area contributed by atoms with Gasteiger partial charge in [-0.25, -0.2) is 4.98 Å². The SMILES string of the molecule is Oc1cccc(Cl)n1.[KH]. The fourth-order valence-corrected chi connectivity index (χ4v) is 0.557. The fourth-order valence-electron chi connectivity index (χ4n) is 0.398. The van der Waals surface area contributed by atoms with E-state index >= 15 is 0 Å². The van der Waals surface area contributed by atoms with E-state index in [0.717, 1.165) is 0 Å². The molecule has 0 atom stereocenters. The quantitative estimate of drug-likeness (QED) is 0.460. The molecule has 1 rings (SSSR count). The Hall–Kier alpha value is 0.876. The second kappa shape index (κ2) is 4.65. The Kier molecular flexibility index (Phi) is 5.11. The van der Waals surface area contributed by atoms with E-state index in [1.54, 1.807) is 12.1 Å². The van der Waals surface area contributed by atoms with Crippen molar-refractivity contribution in [3.8, 4) is 5.88 Å². The Bertz CT molecular complexity index is 177. The van der Waals surface area contributed by atoms with Crippen molar-refractivity contribution in [2.45, 2.75) is 0 Å². The molecule has 4 heteroatoms. The minimum atomic E-state index is -0.0440. The Morgan fingerprint density at radius 1 is 1.44 bits per heavy atom. The van der Waals surface area contributed by atoms with Crippen LogP contribution in [0.5, 0.6) is 5.88 Å². The molecular formula is C5H5ClKNO. The van der Waals surface area contributed by atoms with Gasteiger partial charge in [0.05, 0.1) is 0 Å². The third kappa shape index (κ3) is 3.55. The summed E-state index contributed by atoms with van der Waals surface area (Å²) < 4.78 is 0. The molecule has 0 saturated heterocycles. The summed E-state index contributed by atoms with van der Waals surface area (Å²) in [5.41, 5.74) is 0. The van der Waals surface area contributed by atoms with Crippen LogP contribution in [0.3, 0.4) is 0 Å². The molecule has 0 saturated carbocycles. The van der Waals surface area contributed by atoms with Crippen LogP contribution in [0.25, 0.3) is 0 Å². The zero-order valence-electron chi connectivity index (χ0n) is 4.00. The van der Waals surface area contributed by atoms with Gasteiger partial charge in [0, 0.05) is 6.07 Å². The first-order chi connectivity index (χ1) is 3.79. The number of aromatic nitrogens is 1. The molecule has 0 aliphatic heterocycles. The van der Waals surface area contributed by atoms with Crippen molar-refractivity contribution >= 4 is 63.0 Å². The van der Waals surface area contributed by atoms with E-state index in [1.807, 2.05) is 0 Å². The predicted molar refractivity (Wildman–Crippen MR) is 38.1 cm³/mol. The zero-order chi connectivity index (χ0) is 5.98. The van der Waals surface area contributed by atoms with Crippen molar-refractivity contribution in [2.24, 2.45) is 0 Å². The van der Waals surface area contributed by atoms with Crippen LogP contribution in [-0.2, 0) is 0 Å². The summed E-state index contributed by atoms with van der Waals surface area (Å²) in [6.07, 6.45) is 0. The first-order valence-electron chi connectivity index (χ1n) is 2.10. The summed E-state index contributed by atoms with van der Waals surface area (Å²) in [6.45, 7) is 0. The number of hydrogen-bond donors (Lipinski definition) is 1. The number of aromatic hydroxyl groups is 1. The second-order valence-corrected chi connectivity index (χ2v) is 1.71. The number of rotatable bonds is 0. The van der Waals surface area contributed by atoms with E-state index in [1.165, 1.54) is 6.07 Å². The molecule has 1 heterocycles. The van der Waals surface area contributed by atoms with Gasteiger partial charge in [0.1, 0.15) is 5.15 Å². The van der Waals surface area contributed by atoms with Crippen LogP contribution in [-0.4, -0.2) is 61.5 Å². The standard InChI is InChI=1S/C5H4ClNO.K.H/c6-4-2-1-3-5(8)7-4;;/h1-3H,(H,7,8);;. The van der Waals surface area contributed by atoms with Gasteiger partial charge in [0.2, 0.25) is 5.88 Å². The maximum absolute atomic E-state index is 8.62. The van der Waals surface area contributed by atoms with Gasteiger partial charge in [0.25, 0.3) is 0 Å². The molecule has 1 aromatic heterocycles. The molecule has 1 N–H and O–H groups in total. The molecule has 0 spiro atoms. The van der Waals surface area contributed by atoms with E-state index in [4.69, 9.17) is 16.7 Å². The summed E-state index contributed by atoms with van der Waals surface area (Å²) in [5.74, 6) is -0.0440. The fraction of sp³-hybridized carbons (Fsp3) is 0. The molecule has 0 unspecified atom stereocenters. The average molecular weight is 170 g/mol. The minimum absolute atomic E-state index is 0. The molecule has 0 radical (unpaired) electrons. The van der Waals surface area contributed by atoms with Gasteiger partial charge in [-0.2, -0.15) is 0 Å². The molecule has 44 valence electrons. The normalized spacial score (nSPS) is 8.11. The zero-order valence-corrected chi connectivity index (χ0v) is 4.76. The summed E-state index contributed by atoms with van der Waals surface area (Å²) in [4.78, 5) is 3.49. The van der Waals surface area contributed by atoms with E-state index in [0.29, 0.717) is 5.15 Å². The van der Waals surface area contributed by atoms with Crippen LogP contribution in [0, 0.1) is 0 Å². The van der Waals surface area contributed by atoms with Crippen LogP contribution < -0.4 is 0 Å². The van der Waals surface area contributed by atoms with Crippen LogP contribution in [0.2, 0.25) is 5.15 Å². The van der Waals surface area contributed by atoms with Gasteiger partial charge in [-0.1, -0.05) is 17.7 Å². The third-order valence-electron chi connectivity index (χ3n) is 0.700. The van der Waals surface area contributed by atoms with Crippen LogP contribution in [0.1, 0.15) is 0 Å². The topological polar surface area (TPSA) is 33.1 Å². The Morgan fingerprint density at radius 2 is 2.11 bits per heavy atom. The maximum atomic E-state index is 8.62. The predicted octanol–water partition coefficient (Wildman–Crippen LogP) is 0.792. The summed E-state index contributed by atoms with van der Waals surface area (Å²) >= 11 is 5.37. The van der Waals surface area contributed by atoms with E-state index in [-0.39, 0.29) is 57.3 Å². The monoisotopic (exact) mass is 169 g/mol. The van der Waals surface area contributed by atoms with Crippen molar-refractivity contribution in [3.63, 3.8) is 0 Å². The molecule has 1 aromatic rings. The van der Waals surface area contributed by atoms with Gasteiger partial charge >= 0.3 is 51.4 Å². The van der Waals surface area contributed by atoms with Gasteiger partial charge in [0.15, 0.2) is 0 Å². The summed E-state index contributed by atoms with van der Waals surface area (Å²) in [6, 6.07) is 4.69. The molecular weight excluding hydrogens is 165 g/mol. The number of halogens is 1. The molecule has 0 amide bonds. The first kappa shape index (κ1) is 9.88. The van der Waals surface area contributed by atoms with Crippen molar-refractivity contribution in [1.82, 2.24) is 4.98 Å². The molecule has 0 aliphatic rings. The van der Waals surface area contributed by atoms with Gasteiger partial charge in [-0.15, -0.1) is 0 Å². The van der Waals surface area contributed by atoms with E-state index in [2.05, 4.69) is 4.98 Å². The van der Waals surface area contributed by atoms with E-state index < -0.39 is 0 Å². The second-order valence-electron chi connectivity index (χ2n) is 1.32. The van der Waals surface area contributed by atoms with Crippen molar-refractivity contribution in [3.05, 3.63) is 23.4 Å². The number of hydrogen-bond acceptors (Lipinski definition) is 2. The van der Waals surface area contributed by atoms with Crippen LogP contribution >= 0.6 is 11.6 Å². The summed E-state index contributed by atoms with van der Waals surface area (Å²) in [5, 5.41) is 8.93. The number of nitrogens with zero attached hydrogens (tertiary/aromatic N) is 1. The Labute approximate surface area is 101 Å². The van der Waals surface area contributed by atoms with Crippen LogP contribution in [0.4, 0.5) is 0 Å². The Balaban J connectivity index is 0.000000640. The van der Waals surface area contributed by atoms with Gasteiger partial charge in [-0.3, -0.25) is 0 Å². The molecule has 0 aliphatic carbocycles. The first-order valence-corrected chi connectivity index (χ1v) is 2.48. The molecule has 0 bridgehead atoms. The van der Waals surface area contributed by atoms with Crippen molar-refractivity contribution < 1.29 is 5.11 Å². The molecule has 0 aromatic carbocycles. The molecule has 0 fully saturated rings. The average Bonchev–Trinajstić information content (AvgIpc) is 1.64. The van der Waals surface area contributed by atoms with Crippen LogP contribution in [0.15, 0.2) is 18.2 Å². The van der Waals surface area contributed by atoms with Gasteiger partial charge in [-0.05, 0) is 6.07 Å². The molecule has 9 heavy (non-hydrogen) atoms. The van der Waals surface area contributed by atoms with Gasteiger partial charge < -0.3 is 5.11 Å². The third-order valence-corrected chi connectivity index (χ3v) is 0.911. The Morgan fingerprint density at radius 3 is 2.44 bits per heavy atom. The van der Waals surface area contributed by atoms with Crippen molar-refractivity contribution in [2.75, 3.05) is 0 Å². The van der Waals surface area contributed by atoms with Crippen molar-refractivity contribution in [1.29, 1.82) is 0 Å². The summed E-state index contributed by atoms with van der Waals surface area (Å²) in [7, 11) is 0. The van der Waals surface area contributed by atoms with E-state index in [9.17, 15) is 0 Å². The number of pyridine rings is 1.